The van der Waals surface area contributed by atoms with E-state index >= 15 is 0 Å². The van der Waals surface area contributed by atoms with Crippen molar-refractivity contribution >= 4 is 27.6 Å². The summed E-state index contributed by atoms with van der Waals surface area (Å²) in [5, 5.41) is 0.668. The highest BCUT2D eigenvalue weighted by atomic mass is 32.1. The fourth-order valence-electron chi connectivity index (χ4n) is 4.56. The van der Waals surface area contributed by atoms with Crippen LogP contribution in [0.1, 0.15) is 32.8 Å². The molecule has 2 aliphatic heterocycles. The average Bonchev–Trinajstić information content (AvgIpc) is 3.45. The Hall–Kier alpha value is -2.64. The van der Waals surface area contributed by atoms with Gasteiger partial charge in [0.15, 0.2) is 0 Å². The number of carbonyl (C=O) groups is 1. The van der Waals surface area contributed by atoms with Crippen molar-refractivity contribution in [2.75, 3.05) is 19.6 Å². The highest BCUT2D eigenvalue weighted by molar-refractivity contribution is 7.20. The molecule has 32 heavy (non-hydrogen) atoms. The van der Waals surface area contributed by atoms with Crippen LogP contribution in [0.15, 0.2) is 48.5 Å². The first-order chi connectivity index (χ1) is 15.3. The largest absolute Gasteiger partial charge is 0.444 e. The Labute approximate surface area is 192 Å². The number of piperazine rings is 1. The number of ether oxygens (including phenoxy) is 2. The molecule has 7 heteroatoms. The molecule has 168 valence electrons. The minimum atomic E-state index is -0.443. The molecule has 2 fully saturated rings. The number of hydrogen-bond acceptors (Lipinski definition) is 6. The number of nitrogens with zero attached hydrogens (tertiary/aromatic N) is 3. The van der Waals surface area contributed by atoms with Crippen molar-refractivity contribution in [1.82, 2.24) is 14.8 Å². The lowest BCUT2D eigenvalue weighted by Crippen LogP contribution is -2.50. The molecule has 1 amide bonds. The van der Waals surface area contributed by atoms with Gasteiger partial charge in [0, 0.05) is 31.7 Å². The molecule has 2 aromatic carbocycles. The van der Waals surface area contributed by atoms with Gasteiger partial charge in [-0.25, -0.2) is 9.78 Å². The van der Waals surface area contributed by atoms with Gasteiger partial charge >= 0.3 is 6.09 Å². The Bertz CT molecular complexity index is 1070. The Balaban J connectivity index is 1.12. The molecule has 2 aliphatic rings. The predicted octanol–water partition coefficient (Wildman–Crippen LogP) is 5.32. The smallest absolute Gasteiger partial charge is 0.410 e. The second-order valence-corrected chi connectivity index (χ2v) is 10.6. The molecule has 0 spiro atoms. The summed E-state index contributed by atoms with van der Waals surface area (Å²) < 4.78 is 12.6. The maximum absolute atomic E-state index is 12.4. The molecule has 3 aromatic rings. The molecule has 0 radical (unpaired) electrons. The highest BCUT2D eigenvalue weighted by Crippen LogP contribution is 2.33. The van der Waals surface area contributed by atoms with Gasteiger partial charge in [0.25, 0.3) is 5.19 Å². The van der Waals surface area contributed by atoms with Crippen molar-refractivity contribution in [2.45, 2.75) is 51.3 Å². The molecule has 2 atom stereocenters. The first-order valence-corrected chi connectivity index (χ1v) is 12.0. The fourth-order valence-corrected chi connectivity index (χ4v) is 5.39. The van der Waals surface area contributed by atoms with Crippen LogP contribution >= 0.6 is 11.3 Å². The summed E-state index contributed by atoms with van der Waals surface area (Å²) in [5.74, 6) is 0.807. The Morgan fingerprint density at radius 3 is 2.56 bits per heavy atom. The first kappa shape index (κ1) is 21.2. The molecule has 3 heterocycles. The average molecular weight is 452 g/mol. The minimum Gasteiger partial charge on any atom is -0.444 e. The molecule has 2 bridgehead atoms. The first-order valence-electron chi connectivity index (χ1n) is 11.2. The number of amides is 1. The number of aromatic nitrogens is 1. The summed E-state index contributed by atoms with van der Waals surface area (Å²) in [7, 11) is 0. The van der Waals surface area contributed by atoms with Crippen LogP contribution in [-0.4, -0.2) is 58.2 Å². The standard InChI is InChI=1S/C25H29N3O3S/c1-25(2,3)31-24(29)28-16-18-14-19(28)15-27(18)13-12-17-8-10-20(11-9-17)30-23-26-21-6-4-5-7-22(21)32-23/h4-11,18-19H,12-16H2,1-3H3. The van der Waals surface area contributed by atoms with Crippen molar-refractivity contribution < 1.29 is 14.3 Å². The van der Waals surface area contributed by atoms with E-state index in [4.69, 9.17) is 9.47 Å². The number of rotatable bonds is 5. The zero-order chi connectivity index (χ0) is 22.3. The van der Waals surface area contributed by atoms with Gasteiger partial charge in [0.1, 0.15) is 11.4 Å². The number of likely N-dealkylation sites (tertiary alicyclic amines) is 2. The zero-order valence-corrected chi connectivity index (χ0v) is 19.6. The van der Waals surface area contributed by atoms with E-state index in [9.17, 15) is 4.79 Å². The maximum Gasteiger partial charge on any atom is 0.410 e. The number of fused-ring (bicyclic) bond motifs is 3. The van der Waals surface area contributed by atoms with E-state index < -0.39 is 5.60 Å². The molecule has 5 rings (SSSR count). The molecule has 0 aliphatic carbocycles. The van der Waals surface area contributed by atoms with Crippen LogP contribution < -0.4 is 4.74 Å². The molecule has 2 saturated heterocycles. The number of benzene rings is 2. The molecule has 0 N–H and O–H groups in total. The number of carbonyl (C=O) groups excluding carboxylic acids is 1. The third kappa shape index (κ3) is 4.59. The van der Waals surface area contributed by atoms with Gasteiger partial charge in [0.2, 0.25) is 0 Å². The van der Waals surface area contributed by atoms with Gasteiger partial charge in [-0.3, -0.25) is 4.90 Å². The van der Waals surface area contributed by atoms with Crippen LogP contribution in [0.5, 0.6) is 10.9 Å². The molecule has 0 saturated carbocycles. The highest BCUT2D eigenvalue weighted by Gasteiger charge is 2.46. The third-order valence-electron chi connectivity index (χ3n) is 6.07. The van der Waals surface area contributed by atoms with E-state index in [1.54, 1.807) is 11.3 Å². The van der Waals surface area contributed by atoms with Crippen LogP contribution in [0.3, 0.4) is 0 Å². The van der Waals surface area contributed by atoms with Crippen LogP contribution in [0.2, 0.25) is 0 Å². The number of para-hydroxylation sites is 1. The fraction of sp³-hybridized carbons (Fsp3) is 0.440. The second kappa shape index (κ2) is 8.37. The van der Waals surface area contributed by atoms with E-state index in [0.717, 1.165) is 48.4 Å². The SMILES string of the molecule is CC(C)(C)OC(=O)N1CC2CC1CN2CCc1ccc(Oc2nc3ccccc3s2)cc1. The summed E-state index contributed by atoms with van der Waals surface area (Å²) in [6.07, 6.45) is 1.86. The zero-order valence-electron chi connectivity index (χ0n) is 18.8. The van der Waals surface area contributed by atoms with Gasteiger partial charge in [-0.1, -0.05) is 35.6 Å². The Morgan fingerprint density at radius 1 is 1.09 bits per heavy atom. The van der Waals surface area contributed by atoms with Crippen LogP contribution in [0, 0.1) is 0 Å². The van der Waals surface area contributed by atoms with Gasteiger partial charge < -0.3 is 14.4 Å². The lowest BCUT2D eigenvalue weighted by molar-refractivity contribution is 0.0130. The van der Waals surface area contributed by atoms with Gasteiger partial charge in [-0.05, 0) is 63.4 Å². The van der Waals surface area contributed by atoms with E-state index in [1.807, 2.05) is 56.0 Å². The lowest BCUT2D eigenvalue weighted by Gasteiger charge is -2.35. The molecule has 1 aromatic heterocycles. The summed E-state index contributed by atoms with van der Waals surface area (Å²) in [6, 6.07) is 17.1. The monoisotopic (exact) mass is 451 g/mol. The number of thiazole rings is 1. The normalized spacial score (nSPS) is 20.8. The van der Waals surface area contributed by atoms with E-state index in [2.05, 4.69) is 28.1 Å². The van der Waals surface area contributed by atoms with Crippen molar-refractivity contribution in [3.8, 4) is 10.9 Å². The molecule has 2 unspecified atom stereocenters. The van der Waals surface area contributed by atoms with Crippen molar-refractivity contribution in [1.29, 1.82) is 0 Å². The van der Waals surface area contributed by atoms with E-state index in [-0.39, 0.29) is 12.1 Å². The van der Waals surface area contributed by atoms with E-state index in [1.165, 1.54) is 5.56 Å². The quantitative estimate of drug-likeness (QED) is 0.525. The van der Waals surface area contributed by atoms with Crippen molar-refractivity contribution in [2.24, 2.45) is 0 Å². The summed E-state index contributed by atoms with van der Waals surface area (Å²) >= 11 is 1.56. The third-order valence-corrected chi connectivity index (χ3v) is 6.99. The van der Waals surface area contributed by atoms with Crippen LogP contribution in [-0.2, 0) is 11.2 Å². The van der Waals surface area contributed by atoms with Gasteiger partial charge in [-0.15, -0.1) is 0 Å². The summed E-state index contributed by atoms with van der Waals surface area (Å²) in [5.41, 5.74) is 1.81. The van der Waals surface area contributed by atoms with Gasteiger partial charge in [0.05, 0.1) is 10.2 Å². The van der Waals surface area contributed by atoms with Crippen molar-refractivity contribution in [3.05, 3.63) is 54.1 Å². The van der Waals surface area contributed by atoms with Crippen molar-refractivity contribution in [3.63, 3.8) is 0 Å². The topological polar surface area (TPSA) is 54.9 Å². The van der Waals surface area contributed by atoms with Gasteiger partial charge in [-0.2, -0.15) is 0 Å². The van der Waals surface area contributed by atoms with Crippen LogP contribution in [0.4, 0.5) is 4.79 Å². The summed E-state index contributed by atoms with van der Waals surface area (Å²) in [4.78, 5) is 21.4. The minimum absolute atomic E-state index is 0.173. The Kier molecular flexibility index (Phi) is 5.55. The predicted molar refractivity (Wildman–Crippen MR) is 127 cm³/mol. The summed E-state index contributed by atoms with van der Waals surface area (Å²) in [6.45, 7) is 8.46. The number of hydrogen-bond donors (Lipinski definition) is 0. The molecule has 6 nitrogen and oxygen atoms in total. The molecular weight excluding hydrogens is 422 g/mol. The van der Waals surface area contributed by atoms with Crippen LogP contribution in [0.25, 0.3) is 10.2 Å². The molecular formula is C25H29N3O3S. The second-order valence-electron chi connectivity index (χ2n) is 9.61. The lowest BCUT2D eigenvalue weighted by atomic mass is 10.1. The maximum atomic E-state index is 12.4. The van der Waals surface area contributed by atoms with E-state index in [0.29, 0.717) is 11.2 Å². The Morgan fingerprint density at radius 2 is 1.88 bits per heavy atom.